The molecule has 0 N–H and O–H groups in total. The minimum absolute atomic E-state index is 0.0732. The predicted molar refractivity (Wildman–Crippen MR) is 293 cm³/mol. The molecule has 0 heterocycles. The molecule has 0 radical (unpaired) electrons. The number of allylic oxidation sites excluding steroid dienone is 8. The summed E-state index contributed by atoms with van der Waals surface area (Å²) in [6.45, 7) is 6.59. The number of hydrogen-bond donors (Lipinski definition) is 0. The van der Waals surface area contributed by atoms with Gasteiger partial charge in [0.25, 0.3) is 0 Å². The highest BCUT2D eigenvalue weighted by atomic mass is 16.6. The summed E-state index contributed by atoms with van der Waals surface area (Å²) in [5, 5.41) is 0. The van der Waals surface area contributed by atoms with Gasteiger partial charge < -0.3 is 14.2 Å². The maximum Gasteiger partial charge on any atom is 0.306 e. The first kappa shape index (κ1) is 65.4. The van der Waals surface area contributed by atoms with E-state index in [1.807, 2.05) is 0 Å². The van der Waals surface area contributed by atoms with E-state index in [1.54, 1.807) is 0 Å². The van der Waals surface area contributed by atoms with Crippen LogP contribution >= 0.6 is 0 Å². The minimum atomic E-state index is -0.773. The molecule has 0 aromatic rings. The molecule has 0 aliphatic rings. The molecule has 0 saturated carbocycles. The molecule has 0 bridgehead atoms. The van der Waals surface area contributed by atoms with Crippen LogP contribution in [0.25, 0.3) is 0 Å². The molecular weight excluding hydrogens is 841 g/mol. The van der Waals surface area contributed by atoms with Crippen LogP contribution in [0.3, 0.4) is 0 Å². The van der Waals surface area contributed by atoms with E-state index in [1.165, 1.54) is 186 Å². The largest absolute Gasteiger partial charge is 0.462 e. The lowest BCUT2D eigenvalue weighted by molar-refractivity contribution is -0.167. The molecular formula is C62H112O6. The van der Waals surface area contributed by atoms with Crippen molar-refractivity contribution in [3.8, 4) is 0 Å². The van der Waals surface area contributed by atoms with Crippen LogP contribution in [0.5, 0.6) is 0 Å². The second-order valence-corrected chi connectivity index (χ2v) is 19.9. The summed E-state index contributed by atoms with van der Waals surface area (Å²) >= 11 is 0. The molecule has 0 aliphatic heterocycles. The Morgan fingerprint density at radius 2 is 0.544 bits per heavy atom. The van der Waals surface area contributed by atoms with E-state index in [0.29, 0.717) is 19.3 Å². The lowest BCUT2D eigenvalue weighted by Crippen LogP contribution is -2.30. The van der Waals surface area contributed by atoms with Crippen molar-refractivity contribution < 1.29 is 28.6 Å². The Hall–Kier alpha value is -2.63. The zero-order valence-corrected chi connectivity index (χ0v) is 45.4. The van der Waals surface area contributed by atoms with Gasteiger partial charge in [0, 0.05) is 19.3 Å². The molecule has 0 rings (SSSR count). The number of carbonyl (C=O) groups is 3. The van der Waals surface area contributed by atoms with Gasteiger partial charge in [-0.3, -0.25) is 14.4 Å². The van der Waals surface area contributed by atoms with E-state index >= 15 is 0 Å². The molecule has 1 unspecified atom stereocenters. The average molecular weight is 954 g/mol. The molecule has 0 fully saturated rings. The van der Waals surface area contributed by atoms with Crippen molar-refractivity contribution in [3.05, 3.63) is 48.6 Å². The van der Waals surface area contributed by atoms with Crippen molar-refractivity contribution in [3.63, 3.8) is 0 Å². The highest BCUT2D eigenvalue weighted by molar-refractivity contribution is 5.71. The summed E-state index contributed by atoms with van der Waals surface area (Å²) in [6.07, 6.45) is 69.8. The Morgan fingerprint density at radius 1 is 0.294 bits per heavy atom. The van der Waals surface area contributed by atoms with Crippen molar-refractivity contribution in [1.29, 1.82) is 0 Å². The van der Waals surface area contributed by atoms with Crippen LogP contribution in [0, 0.1) is 0 Å². The van der Waals surface area contributed by atoms with Gasteiger partial charge in [-0.25, -0.2) is 0 Å². The fraction of sp³-hybridized carbons (Fsp3) is 0.823. The number of ether oxygens (including phenoxy) is 3. The van der Waals surface area contributed by atoms with E-state index in [0.717, 1.165) is 83.5 Å². The van der Waals surface area contributed by atoms with Gasteiger partial charge in [-0.05, 0) is 77.0 Å². The second-order valence-electron chi connectivity index (χ2n) is 19.9. The smallest absolute Gasteiger partial charge is 0.306 e. The van der Waals surface area contributed by atoms with Crippen LogP contribution < -0.4 is 0 Å². The van der Waals surface area contributed by atoms with E-state index in [4.69, 9.17) is 14.2 Å². The van der Waals surface area contributed by atoms with E-state index in [-0.39, 0.29) is 31.1 Å². The van der Waals surface area contributed by atoms with Crippen molar-refractivity contribution in [2.45, 2.75) is 316 Å². The molecule has 6 nitrogen and oxygen atoms in total. The summed E-state index contributed by atoms with van der Waals surface area (Å²) in [5.41, 5.74) is 0. The van der Waals surface area contributed by atoms with E-state index in [2.05, 4.69) is 69.4 Å². The first-order chi connectivity index (χ1) is 33.5. The summed E-state index contributed by atoms with van der Waals surface area (Å²) in [4.78, 5) is 38.0. The fourth-order valence-corrected chi connectivity index (χ4v) is 8.55. The molecule has 0 spiro atoms. The molecule has 0 aliphatic carbocycles. The van der Waals surface area contributed by atoms with Crippen LogP contribution in [0.1, 0.15) is 310 Å². The van der Waals surface area contributed by atoms with Crippen LogP contribution in [0.15, 0.2) is 48.6 Å². The first-order valence-corrected chi connectivity index (χ1v) is 29.6. The van der Waals surface area contributed by atoms with Crippen LogP contribution in [0.4, 0.5) is 0 Å². The minimum Gasteiger partial charge on any atom is -0.462 e. The third kappa shape index (κ3) is 54.3. The van der Waals surface area contributed by atoms with Gasteiger partial charge in [0.15, 0.2) is 6.10 Å². The number of hydrogen-bond acceptors (Lipinski definition) is 6. The Labute approximate surface area is 422 Å². The highest BCUT2D eigenvalue weighted by Crippen LogP contribution is 2.16. The van der Waals surface area contributed by atoms with Gasteiger partial charge in [-0.2, -0.15) is 0 Å². The Balaban J connectivity index is 4.09. The SMILES string of the molecule is CCCC/C=C\CCCCCCCC(=O)OC(COC(=O)CCCCCCCCCCCC)COC(=O)CCCCCCCCCCCCCCCC/C=C\C/C=C\C/C=C\CCCCCCC. The molecule has 0 aromatic heterocycles. The van der Waals surface area contributed by atoms with Crippen molar-refractivity contribution in [1.82, 2.24) is 0 Å². The fourth-order valence-electron chi connectivity index (χ4n) is 8.55. The molecule has 6 heteroatoms. The lowest BCUT2D eigenvalue weighted by atomic mass is 10.0. The Bertz CT molecular complexity index is 1190. The topological polar surface area (TPSA) is 78.9 Å². The van der Waals surface area contributed by atoms with Gasteiger partial charge >= 0.3 is 17.9 Å². The van der Waals surface area contributed by atoms with Gasteiger partial charge in [-0.1, -0.05) is 262 Å². The molecule has 1 atom stereocenters. The van der Waals surface area contributed by atoms with Crippen molar-refractivity contribution >= 4 is 17.9 Å². The van der Waals surface area contributed by atoms with Crippen molar-refractivity contribution in [2.75, 3.05) is 13.2 Å². The zero-order chi connectivity index (χ0) is 49.3. The van der Waals surface area contributed by atoms with E-state index in [9.17, 15) is 14.4 Å². The number of rotatable bonds is 54. The maximum atomic E-state index is 12.8. The molecule has 68 heavy (non-hydrogen) atoms. The molecule has 0 aromatic carbocycles. The molecule has 0 amide bonds. The van der Waals surface area contributed by atoms with Gasteiger partial charge in [0.2, 0.25) is 0 Å². The zero-order valence-electron chi connectivity index (χ0n) is 45.4. The first-order valence-electron chi connectivity index (χ1n) is 29.6. The third-order valence-corrected chi connectivity index (χ3v) is 13.1. The normalized spacial score (nSPS) is 12.3. The van der Waals surface area contributed by atoms with Crippen LogP contribution in [0.2, 0.25) is 0 Å². The summed E-state index contributed by atoms with van der Waals surface area (Å²) in [5.74, 6) is -0.874. The van der Waals surface area contributed by atoms with Gasteiger partial charge in [-0.15, -0.1) is 0 Å². The number of carbonyl (C=O) groups excluding carboxylic acids is 3. The summed E-state index contributed by atoms with van der Waals surface area (Å²) < 4.78 is 16.8. The lowest BCUT2D eigenvalue weighted by Gasteiger charge is -2.18. The number of esters is 3. The highest BCUT2D eigenvalue weighted by Gasteiger charge is 2.19. The van der Waals surface area contributed by atoms with Gasteiger partial charge in [0.1, 0.15) is 13.2 Å². The monoisotopic (exact) mass is 953 g/mol. The standard InChI is InChI=1S/C62H112O6/c1-4-7-10-13-16-19-22-23-24-25-26-27-28-29-30-31-32-33-34-35-36-37-38-39-41-43-46-49-52-55-61(64)67-58-59(57-66-60(63)54-51-48-45-42-21-18-15-12-9-6-3)68-62(65)56-53-50-47-44-40-20-17-14-11-8-5-2/h14,17,22-23,25-26,28-29,59H,4-13,15-16,18-21,24,27,30-58H2,1-3H3/b17-14-,23-22-,26-25-,29-28-. The Kier molecular flexibility index (Phi) is 54.8. The van der Waals surface area contributed by atoms with E-state index < -0.39 is 6.10 Å². The molecule has 396 valence electrons. The average Bonchev–Trinajstić information content (AvgIpc) is 3.34. The maximum absolute atomic E-state index is 12.8. The second kappa shape index (κ2) is 57.0. The van der Waals surface area contributed by atoms with Crippen molar-refractivity contribution in [2.24, 2.45) is 0 Å². The quantitative estimate of drug-likeness (QED) is 0.0262. The van der Waals surface area contributed by atoms with Crippen LogP contribution in [-0.4, -0.2) is 37.2 Å². The summed E-state index contributed by atoms with van der Waals surface area (Å²) in [6, 6.07) is 0. The number of unbranched alkanes of at least 4 members (excludes halogenated alkanes) is 35. The third-order valence-electron chi connectivity index (χ3n) is 13.1. The van der Waals surface area contributed by atoms with Gasteiger partial charge in [0.05, 0.1) is 0 Å². The molecule has 0 saturated heterocycles. The predicted octanol–water partition coefficient (Wildman–Crippen LogP) is 19.8. The Morgan fingerprint density at radius 3 is 0.882 bits per heavy atom. The summed E-state index contributed by atoms with van der Waals surface area (Å²) in [7, 11) is 0. The van der Waals surface area contributed by atoms with Crippen LogP contribution in [-0.2, 0) is 28.6 Å².